The Bertz CT molecular complexity index is 1040. The molecule has 0 spiro atoms. The minimum Gasteiger partial charge on any atom is -0.328 e. The van der Waals surface area contributed by atoms with Gasteiger partial charge in [0.2, 0.25) is 10.0 Å². The van der Waals surface area contributed by atoms with Crippen LogP contribution in [-0.4, -0.2) is 34.3 Å². The van der Waals surface area contributed by atoms with E-state index in [1.807, 2.05) is 31.3 Å². The molecule has 0 unspecified atom stereocenters. The van der Waals surface area contributed by atoms with E-state index >= 15 is 0 Å². The van der Waals surface area contributed by atoms with E-state index in [1.54, 1.807) is 25.6 Å². The molecule has 0 saturated carbocycles. The van der Waals surface area contributed by atoms with E-state index in [2.05, 4.69) is 31.5 Å². The maximum absolute atomic E-state index is 12.7. The Kier molecular flexibility index (Phi) is 5.48. The third-order valence-corrected chi connectivity index (χ3v) is 6.39. The van der Waals surface area contributed by atoms with Crippen molar-refractivity contribution in [2.24, 2.45) is 7.05 Å². The molecule has 7 nitrogen and oxygen atoms in total. The van der Waals surface area contributed by atoms with Crippen LogP contribution in [0, 0.1) is 20.8 Å². The molecule has 0 bridgehead atoms. The average molecular weight is 388 g/mol. The van der Waals surface area contributed by atoms with E-state index in [0.717, 1.165) is 18.1 Å². The number of nitrogens with one attached hydrogen (secondary N) is 1. The molecule has 144 valence electrons. The van der Waals surface area contributed by atoms with Crippen molar-refractivity contribution < 1.29 is 8.42 Å². The Balaban J connectivity index is 1.71. The van der Waals surface area contributed by atoms with E-state index < -0.39 is 10.0 Å². The van der Waals surface area contributed by atoms with E-state index in [1.165, 1.54) is 5.56 Å². The highest BCUT2D eigenvalue weighted by atomic mass is 32.2. The normalized spacial score (nSPS) is 11.9. The Morgan fingerprint density at radius 1 is 1.11 bits per heavy atom. The highest BCUT2D eigenvalue weighted by Crippen LogP contribution is 2.18. The fraction of sp³-hybridized carbons (Fsp3) is 0.368. The molecular weight excluding hydrogens is 362 g/mol. The molecule has 3 rings (SSSR count). The molecule has 2 heterocycles. The van der Waals surface area contributed by atoms with Gasteiger partial charge in [-0.1, -0.05) is 30.3 Å². The van der Waals surface area contributed by atoms with Gasteiger partial charge >= 0.3 is 0 Å². The van der Waals surface area contributed by atoms with Crippen LogP contribution in [0.3, 0.4) is 0 Å². The number of imidazole rings is 1. The van der Waals surface area contributed by atoms with Crippen molar-refractivity contribution in [3.05, 3.63) is 65.0 Å². The van der Waals surface area contributed by atoms with Gasteiger partial charge in [0, 0.05) is 38.4 Å². The fourth-order valence-electron chi connectivity index (χ4n) is 3.20. The number of rotatable bonds is 7. The lowest BCUT2D eigenvalue weighted by Gasteiger charge is -2.11. The second-order valence-electron chi connectivity index (χ2n) is 6.66. The number of hydrogen-bond acceptors (Lipinski definition) is 4. The van der Waals surface area contributed by atoms with Crippen molar-refractivity contribution in [3.63, 3.8) is 0 Å². The molecule has 0 aliphatic rings. The Morgan fingerprint density at radius 3 is 2.44 bits per heavy atom. The molecule has 1 N–H and O–H groups in total. The van der Waals surface area contributed by atoms with Crippen LogP contribution in [0.2, 0.25) is 0 Å². The average Bonchev–Trinajstić information content (AvgIpc) is 3.08. The first-order valence-electron chi connectivity index (χ1n) is 8.84. The molecule has 0 saturated heterocycles. The van der Waals surface area contributed by atoms with E-state index in [9.17, 15) is 8.42 Å². The summed E-state index contributed by atoms with van der Waals surface area (Å²) >= 11 is 0. The molecule has 0 atom stereocenters. The maximum Gasteiger partial charge on any atom is 0.244 e. The molecule has 0 radical (unpaired) electrons. The van der Waals surface area contributed by atoms with Crippen LogP contribution in [0.5, 0.6) is 0 Å². The SMILES string of the molecule is Cc1nn(C)c(C)c1S(=O)(=O)NCCc1ncc(C)n1Cc1ccccc1. The third kappa shape index (κ3) is 4.12. The summed E-state index contributed by atoms with van der Waals surface area (Å²) in [5.41, 5.74) is 3.36. The predicted molar refractivity (Wildman–Crippen MR) is 104 cm³/mol. The molecule has 2 aromatic heterocycles. The first-order chi connectivity index (χ1) is 12.8. The molecular formula is C19H25N5O2S. The monoisotopic (exact) mass is 387 g/mol. The molecule has 0 amide bonds. The minimum absolute atomic E-state index is 0.258. The van der Waals surface area contributed by atoms with Gasteiger partial charge in [-0.15, -0.1) is 0 Å². The van der Waals surface area contributed by atoms with Gasteiger partial charge in [0.05, 0.1) is 11.4 Å². The number of aromatic nitrogens is 4. The van der Waals surface area contributed by atoms with Gasteiger partial charge in [0.25, 0.3) is 0 Å². The summed E-state index contributed by atoms with van der Waals surface area (Å²) in [6.45, 7) is 6.46. The van der Waals surface area contributed by atoms with Crippen molar-refractivity contribution in [2.45, 2.75) is 38.6 Å². The zero-order valence-electron chi connectivity index (χ0n) is 16.1. The lowest BCUT2D eigenvalue weighted by molar-refractivity contribution is 0.577. The standard InChI is InChI=1S/C19H25N5O2S/c1-14-12-20-18(24(14)13-17-8-6-5-7-9-17)10-11-21-27(25,26)19-15(2)22-23(4)16(19)3/h5-9,12,21H,10-11,13H2,1-4H3. The third-order valence-electron chi connectivity index (χ3n) is 4.67. The lowest BCUT2D eigenvalue weighted by Crippen LogP contribution is -2.27. The topological polar surface area (TPSA) is 81.8 Å². The van der Waals surface area contributed by atoms with Crippen molar-refractivity contribution in [1.29, 1.82) is 0 Å². The highest BCUT2D eigenvalue weighted by molar-refractivity contribution is 7.89. The van der Waals surface area contributed by atoms with E-state index in [-0.39, 0.29) is 11.4 Å². The van der Waals surface area contributed by atoms with Gasteiger partial charge < -0.3 is 4.57 Å². The summed E-state index contributed by atoms with van der Waals surface area (Å²) in [6, 6.07) is 10.1. The van der Waals surface area contributed by atoms with Crippen molar-refractivity contribution in [1.82, 2.24) is 24.1 Å². The van der Waals surface area contributed by atoms with Crippen LogP contribution < -0.4 is 4.72 Å². The largest absolute Gasteiger partial charge is 0.328 e. The van der Waals surface area contributed by atoms with E-state index in [0.29, 0.717) is 17.8 Å². The predicted octanol–water partition coefficient (Wildman–Crippen LogP) is 2.11. The Hall–Kier alpha value is -2.45. The number of nitrogens with zero attached hydrogens (tertiary/aromatic N) is 4. The first-order valence-corrected chi connectivity index (χ1v) is 10.3. The summed E-state index contributed by atoms with van der Waals surface area (Å²) in [6.07, 6.45) is 2.33. The van der Waals surface area contributed by atoms with Gasteiger partial charge in [0.15, 0.2) is 0 Å². The minimum atomic E-state index is -3.61. The summed E-state index contributed by atoms with van der Waals surface area (Å²) < 4.78 is 31.7. The van der Waals surface area contributed by atoms with Gasteiger partial charge in [-0.2, -0.15) is 5.10 Å². The fourth-order valence-corrected chi connectivity index (χ4v) is 4.67. The van der Waals surface area contributed by atoms with Gasteiger partial charge in [-0.05, 0) is 26.3 Å². The van der Waals surface area contributed by atoms with Crippen LogP contribution in [-0.2, 0) is 30.0 Å². The van der Waals surface area contributed by atoms with Gasteiger partial charge in [-0.25, -0.2) is 18.1 Å². The summed E-state index contributed by atoms with van der Waals surface area (Å²) in [7, 11) is -1.87. The molecule has 0 aliphatic heterocycles. The van der Waals surface area contributed by atoms with Crippen LogP contribution in [0.25, 0.3) is 0 Å². The van der Waals surface area contributed by atoms with Crippen LogP contribution in [0.15, 0.2) is 41.4 Å². The van der Waals surface area contributed by atoms with Crippen LogP contribution in [0.4, 0.5) is 0 Å². The number of benzene rings is 1. The molecule has 3 aromatic rings. The number of hydrogen-bond donors (Lipinski definition) is 1. The van der Waals surface area contributed by atoms with Gasteiger partial charge in [-0.3, -0.25) is 4.68 Å². The first kappa shape index (κ1) is 19.3. The van der Waals surface area contributed by atoms with Crippen molar-refractivity contribution >= 4 is 10.0 Å². The summed E-state index contributed by atoms with van der Waals surface area (Å²) in [4.78, 5) is 4.71. The molecule has 0 fully saturated rings. The highest BCUT2D eigenvalue weighted by Gasteiger charge is 2.23. The smallest absolute Gasteiger partial charge is 0.244 e. The van der Waals surface area contributed by atoms with Crippen molar-refractivity contribution in [3.8, 4) is 0 Å². The number of sulfonamides is 1. The lowest BCUT2D eigenvalue weighted by atomic mass is 10.2. The maximum atomic E-state index is 12.7. The van der Waals surface area contributed by atoms with Crippen molar-refractivity contribution in [2.75, 3.05) is 6.54 Å². The molecule has 27 heavy (non-hydrogen) atoms. The van der Waals surface area contributed by atoms with E-state index in [4.69, 9.17) is 0 Å². The molecule has 8 heteroatoms. The van der Waals surface area contributed by atoms with Gasteiger partial charge in [0.1, 0.15) is 10.7 Å². The second-order valence-corrected chi connectivity index (χ2v) is 8.36. The zero-order valence-corrected chi connectivity index (χ0v) is 16.9. The Morgan fingerprint density at radius 2 is 1.81 bits per heavy atom. The number of aryl methyl sites for hydroxylation is 3. The summed E-state index contributed by atoms with van der Waals surface area (Å²) in [5, 5.41) is 4.19. The zero-order chi connectivity index (χ0) is 19.6. The Labute approximate surface area is 160 Å². The second kappa shape index (κ2) is 7.66. The van der Waals surface area contributed by atoms with Crippen LogP contribution >= 0.6 is 0 Å². The molecule has 1 aromatic carbocycles. The molecule has 0 aliphatic carbocycles. The summed E-state index contributed by atoms with van der Waals surface area (Å²) in [5.74, 6) is 0.860. The quantitative estimate of drug-likeness (QED) is 0.673. The van der Waals surface area contributed by atoms with Crippen LogP contribution in [0.1, 0.15) is 28.5 Å².